The first kappa shape index (κ1) is 18.8. The maximum atomic E-state index is 12.8. The molecule has 1 amide bonds. The molecule has 0 unspecified atom stereocenters. The molecule has 142 valence electrons. The van der Waals surface area contributed by atoms with Gasteiger partial charge in [0.15, 0.2) is 0 Å². The third-order valence-electron chi connectivity index (χ3n) is 6.52. The van der Waals surface area contributed by atoms with Crippen molar-refractivity contribution in [3.63, 3.8) is 0 Å². The van der Waals surface area contributed by atoms with Crippen LogP contribution in [0.5, 0.6) is 0 Å². The minimum absolute atomic E-state index is 0.162. The number of rotatable bonds is 5. The van der Waals surface area contributed by atoms with Gasteiger partial charge in [0.2, 0.25) is 5.91 Å². The Morgan fingerprint density at radius 3 is 1.80 bits per heavy atom. The lowest BCUT2D eigenvalue weighted by molar-refractivity contribution is -0.139. The van der Waals surface area contributed by atoms with E-state index in [1.165, 1.54) is 38.9 Å². The van der Waals surface area contributed by atoms with Gasteiger partial charge in [-0.1, -0.05) is 6.42 Å². The Balaban J connectivity index is 1.35. The molecular formula is C20H35N3O2. The Morgan fingerprint density at radius 2 is 1.24 bits per heavy atom. The summed E-state index contributed by atoms with van der Waals surface area (Å²) in [6, 6.07) is 0. The first-order valence-corrected chi connectivity index (χ1v) is 10.4. The number of likely N-dealkylation sites (tertiary alicyclic amines) is 1. The van der Waals surface area contributed by atoms with Gasteiger partial charge in [0.25, 0.3) is 0 Å². The van der Waals surface area contributed by atoms with Gasteiger partial charge in [-0.25, -0.2) is 0 Å². The van der Waals surface area contributed by atoms with E-state index in [4.69, 9.17) is 0 Å². The van der Waals surface area contributed by atoms with E-state index in [0.717, 1.165) is 58.4 Å². The topological polar surface area (TPSA) is 43.9 Å². The van der Waals surface area contributed by atoms with E-state index in [9.17, 15) is 9.59 Å². The normalized spacial score (nSPS) is 29.6. The zero-order valence-electron chi connectivity index (χ0n) is 15.9. The molecule has 2 aliphatic heterocycles. The predicted octanol–water partition coefficient (Wildman–Crippen LogP) is 2.01. The van der Waals surface area contributed by atoms with Gasteiger partial charge in [0, 0.05) is 51.1 Å². The molecule has 0 spiro atoms. The quantitative estimate of drug-likeness (QED) is 0.762. The predicted molar refractivity (Wildman–Crippen MR) is 99.4 cm³/mol. The molecule has 0 atom stereocenters. The van der Waals surface area contributed by atoms with Crippen LogP contribution in [0.25, 0.3) is 0 Å². The summed E-state index contributed by atoms with van der Waals surface area (Å²) in [4.78, 5) is 31.4. The van der Waals surface area contributed by atoms with Crippen molar-refractivity contribution in [1.82, 2.24) is 14.7 Å². The van der Waals surface area contributed by atoms with Gasteiger partial charge in [-0.2, -0.15) is 0 Å². The number of piperazine rings is 1. The highest BCUT2D eigenvalue weighted by Crippen LogP contribution is 2.30. The third-order valence-corrected chi connectivity index (χ3v) is 6.52. The maximum Gasteiger partial charge on any atom is 0.225 e. The molecule has 0 radical (unpaired) electrons. The third kappa shape index (κ3) is 5.27. The Hall–Kier alpha value is -0.940. The summed E-state index contributed by atoms with van der Waals surface area (Å²) < 4.78 is 0. The lowest BCUT2D eigenvalue weighted by Crippen LogP contribution is -2.52. The SMILES string of the molecule is CC(=O)[C@H]1CC[C@H](C(=O)N2CCN(CCN3CCCCC3)CC2)CC1. The standard InChI is InChI=1S/C20H35N3O2/c1-17(24)18-5-7-19(8-6-18)20(25)23-15-13-22(14-16-23)12-11-21-9-3-2-4-10-21/h18-19H,2-16H2,1H3/t18-,19-. The number of ketones is 1. The molecule has 3 fully saturated rings. The van der Waals surface area contributed by atoms with Crippen LogP contribution in [-0.4, -0.2) is 78.7 Å². The lowest BCUT2D eigenvalue weighted by atomic mass is 9.79. The van der Waals surface area contributed by atoms with Crippen molar-refractivity contribution in [2.45, 2.75) is 51.9 Å². The van der Waals surface area contributed by atoms with Crippen LogP contribution < -0.4 is 0 Å². The van der Waals surface area contributed by atoms with Crippen LogP contribution in [0.15, 0.2) is 0 Å². The smallest absolute Gasteiger partial charge is 0.225 e. The van der Waals surface area contributed by atoms with Crippen LogP contribution in [0.2, 0.25) is 0 Å². The molecule has 5 heteroatoms. The largest absolute Gasteiger partial charge is 0.340 e. The zero-order chi connectivity index (χ0) is 17.6. The number of nitrogens with zero attached hydrogens (tertiary/aromatic N) is 3. The van der Waals surface area contributed by atoms with Crippen molar-refractivity contribution in [2.24, 2.45) is 11.8 Å². The second-order valence-electron chi connectivity index (χ2n) is 8.23. The average Bonchev–Trinajstić information content (AvgIpc) is 2.67. The molecule has 0 bridgehead atoms. The van der Waals surface area contributed by atoms with Crippen LogP contribution in [0, 0.1) is 11.8 Å². The molecular weight excluding hydrogens is 314 g/mol. The molecule has 1 aliphatic carbocycles. The molecule has 25 heavy (non-hydrogen) atoms. The van der Waals surface area contributed by atoms with Crippen molar-refractivity contribution in [3.8, 4) is 0 Å². The summed E-state index contributed by atoms with van der Waals surface area (Å²) in [7, 11) is 0. The molecule has 3 aliphatic rings. The van der Waals surface area contributed by atoms with Gasteiger partial charge in [-0.3, -0.25) is 14.5 Å². The van der Waals surface area contributed by atoms with Gasteiger partial charge in [0.05, 0.1) is 0 Å². The molecule has 2 saturated heterocycles. The summed E-state index contributed by atoms with van der Waals surface area (Å²) in [5.41, 5.74) is 0. The minimum Gasteiger partial charge on any atom is -0.340 e. The van der Waals surface area contributed by atoms with E-state index in [1.807, 2.05) is 0 Å². The van der Waals surface area contributed by atoms with Crippen LogP contribution in [0.4, 0.5) is 0 Å². The van der Waals surface area contributed by atoms with E-state index < -0.39 is 0 Å². The Bertz CT molecular complexity index is 446. The number of hydrogen-bond donors (Lipinski definition) is 0. The highest BCUT2D eigenvalue weighted by molar-refractivity contribution is 5.81. The van der Waals surface area contributed by atoms with Crippen molar-refractivity contribution in [2.75, 3.05) is 52.4 Å². The summed E-state index contributed by atoms with van der Waals surface area (Å²) in [6.07, 6.45) is 7.72. The summed E-state index contributed by atoms with van der Waals surface area (Å²) in [6.45, 7) is 10.3. The summed E-state index contributed by atoms with van der Waals surface area (Å²) >= 11 is 0. The van der Waals surface area contributed by atoms with Gasteiger partial charge in [0.1, 0.15) is 5.78 Å². The van der Waals surface area contributed by atoms with Crippen molar-refractivity contribution < 1.29 is 9.59 Å². The summed E-state index contributed by atoms with van der Waals surface area (Å²) in [5.74, 6) is 1.01. The van der Waals surface area contributed by atoms with Crippen LogP contribution >= 0.6 is 0 Å². The Labute approximate surface area is 152 Å². The van der Waals surface area contributed by atoms with Gasteiger partial charge in [-0.15, -0.1) is 0 Å². The highest BCUT2D eigenvalue weighted by Gasteiger charge is 2.32. The molecule has 1 saturated carbocycles. The van der Waals surface area contributed by atoms with Gasteiger partial charge >= 0.3 is 0 Å². The number of piperidine rings is 1. The monoisotopic (exact) mass is 349 g/mol. The van der Waals surface area contributed by atoms with Crippen LogP contribution in [-0.2, 0) is 9.59 Å². The highest BCUT2D eigenvalue weighted by atomic mass is 16.2. The molecule has 0 aromatic rings. The van der Waals surface area contributed by atoms with Crippen molar-refractivity contribution in [1.29, 1.82) is 0 Å². The van der Waals surface area contributed by atoms with Crippen LogP contribution in [0.1, 0.15) is 51.9 Å². The molecule has 0 aromatic carbocycles. The number of carbonyl (C=O) groups is 2. The number of Topliss-reactive ketones (excluding diaryl/α,β-unsaturated/α-hetero) is 1. The lowest BCUT2D eigenvalue weighted by Gasteiger charge is -2.38. The first-order chi connectivity index (χ1) is 12.1. The Kier molecular flexibility index (Phi) is 6.88. The summed E-state index contributed by atoms with van der Waals surface area (Å²) in [5, 5.41) is 0. The van der Waals surface area contributed by atoms with E-state index >= 15 is 0 Å². The first-order valence-electron chi connectivity index (χ1n) is 10.4. The number of amides is 1. The van der Waals surface area contributed by atoms with E-state index in [1.54, 1.807) is 6.92 Å². The van der Waals surface area contributed by atoms with Crippen molar-refractivity contribution >= 4 is 11.7 Å². The van der Waals surface area contributed by atoms with Crippen LogP contribution in [0.3, 0.4) is 0 Å². The van der Waals surface area contributed by atoms with Crippen molar-refractivity contribution in [3.05, 3.63) is 0 Å². The zero-order valence-corrected chi connectivity index (χ0v) is 15.9. The molecule has 0 aromatic heterocycles. The van der Waals surface area contributed by atoms with Gasteiger partial charge < -0.3 is 9.80 Å². The minimum atomic E-state index is 0.162. The van der Waals surface area contributed by atoms with E-state index in [-0.39, 0.29) is 11.8 Å². The fraction of sp³-hybridized carbons (Fsp3) is 0.900. The number of hydrogen-bond acceptors (Lipinski definition) is 4. The fourth-order valence-electron chi connectivity index (χ4n) is 4.66. The molecule has 0 N–H and O–H groups in total. The number of carbonyl (C=O) groups excluding carboxylic acids is 2. The molecule has 5 nitrogen and oxygen atoms in total. The van der Waals surface area contributed by atoms with E-state index in [0.29, 0.717) is 11.7 Å². The second-order valence-corrected chi connectivity index (χ2v) is 8.23. The molecule has 3 rings (SSSR count). The van der Waals surface area contributed by atoms with E-state index in [2.05, 4.69) is 14.7 Å². The maximum absolute atomic E-state index is 12.8. The fourth-order valence-corrected chi connectivity index (χ4v) is 4.66. The Morgan fingerprint density at radius 1 is 0.720 bits per heavy atom. The molecule has 2 heterocycles. The van der Waals surface area contributed by atoms with Gasteiger partial charge in [-0.05, 0) is 58.5 Å². The average molecular weight is 350 g/mol. The second kappa shape index (κ2) is 9.13.